The summed E-state index contributed by atoms with van der Waals surface area (Å²) < 4.78 is 15.5. The van der Waals surface area contributed by atoms with Gasteiger partial charge in [0, 0.05) is 12.1 Å². The molecule has 0 aliphatic heterocycles. The van der Waals surface area contributed by atoms with Crippen LogP contribution in [0.1, 0.15) is 34.3 Å². The van der Waals surface area contributed by atoms with Gasteiger partial charge in [0.25, 0.3) is 0 Å². The molecule has 0 spiro atoms. The summed E-state index contributed by atoms with van der Waals surface area (Å²) in [5.41, 5.74) is 3.25. The first-order valence-corrected chi connectivity index (χ1v) is 10.1. The molecule has 9 nitrogen and oxygen atoms in total. The summed E-state index contributed by atoms with van der Waals surface area (Å²) in [5, 5.41) is 19.4. The fourth-order valence-electron chi connectivity index (χ4n) is 3.05. The molecule has 0 amide bonds. The van der Waals surface area contributed by atoms with E-state index < -0.39 is 11.9 Å². The Hall–Kier alpha value is -3.88. The molecular formula is C23H25N3O6. The first kappa shape index (κ1) is 22.8. The summed E-state index contributed by atoms with van der Waals surface area (Å²) in [6.07, 6.45) is 2.23. The Morgan fingerprint density at radius 2 is 1.75 bits per heavy atom. The van der Waals surface area contributed by atoms with Gasteiger partial charge in [-0.15, -0.1) is 15.0 Å². The third kappa shape index (κ3) is 4.88. The lowest BCUT2D eigenvalue weighted by Crippen LogP contribution is -2.08. The summed E-state index contributed by atoms with van der Waals surface area (Å²) in [6.45, 7) is 7.41. The minimum atomic E-state index is -0.486. The first-order chi connectivity index (χ1) is 15.3. The maximum Gasteiger partial charge on any atom is 0.338 e. The number of phenolic OH excluding ortho intramolecular Hbond substituents is 1. The topological polar surface area (TPSA) is 113 Å². The summed E-state index contributed by atoms with van der Waals surface area (Å²) in [4.78, 5) is 24.6. The fourth-order valence-corrected chi connectivity index (χ4v) is 3.05. The van der Waals surface area contributed by atoms with Crippen molar-refractivity contribution in [1.29, 1.82) is 0 Å². The van der Waals surface area contributed by atoms with Gasteiger partial charge in [-0.3, -0.25) is 0 Å². The van der Waals surface area contributed by atoms with E-state index in [4.69, 9.17) is 14.2 Å². The number of ether oxygens (including phenoxy) is 3. The number of esters is 2. The monoisotopic (exact) mass is 439 g/mol. The summed E-state index contributed by atoms with van der Waals surface area (Å²) >= 11 is 0. The van der Waals surface area contributed by atoms with E-state index in [1.165, 1.54) is 4.80 Å². The molecule has 0 bridgehead atoms. The number of phenols is 1. The van der Waals surface area contributed by atoms with Crippen LogP contribution in [-0.4, -0.2) is 52.4 Å². The molecule has 0 saturated heterocycles. The molecule has 0 atom stereocenters. The van der Waals surface area contributed by atoms with E-state index in [-0.39, 0.29) is 19.0 Å². The molecule has 1 N–H and O–H groups in total. The maximum absolute atomic E-state index is 12.3. The molecular weight excluding hydrogens is 414 g/mol. The van der Waals surface area contributed by atoms with Crippen LogP contribution >= 0.6 is 0 Å². The Morgan fingerprint density at radius 3 is 2.44 bits per heavy atom. The van der Waals surface area contributed by atoms with Crippen molar-refractivity contribution < 1.29 is 28.9 Å². The van der Waals surface area contributed by atoms with Crippen molar-refractivity contribution in [1.82, 2.24) is 15.0 Å². The third-order valence-corrected chi connectivity index (χ3v) is 5.03. The van der Waals surface area contributed by atoms with E-state index in [1.807, 2.05) is 6.92 Å². The average Bonchev–Trinajstić information content (AvgIpc) is 3.22. The van der Waals surface area contributed by atoms with E-state index >= 15 is 0 Å². The van der Waals surface area contributed by atoms with Crippen molar-refractivity contribution in [3.8, 4) is 17.2 Å². The summed E-state index contributed by atoms with van der Waals surface area (Å²) in [6, 6.07) is 6.52. The zero-order valence-corrected chi connectivity index (χ0v) is 18.3. The lowest BCUT2D eigenvalue weighted by atomic mass is 10.1. The molecule has 0 saturated carbocycles. The number of carbonyl (C=O) groups is 2. The second-order valence-electron chi connectivity index (χ2n) is 7.10. The molecule has 2 aromatic carbocycles. The number of rotatable bonds is 9. The molecule has 1 aromatic heterocycles. The van der Waals surface area contributed by atoms with E-state index in [0.29, 0.717) is 46.4 Å². The second kappa shape index (κ2) is 9.95. The van der Waals surface area contributed by atoms with Gasteiger partial charge in [-0.05, 0) is 56.0 Å². The average molecular weight is 439 g/mol. The van der Waals surface area contributed by atoms with Crippen LogP contribution in [0.2, 0.25) is 0 Å². The Bertz CT molecular complexity index is 1170. The molecule has 0 unspecified atom stereocenters. The molecule has 32 heavy (non-hydrogen) atoms. The normalized spacial score (nSPS) is 10.7. The highest BCUT2D eigenvalue weighted by molar-refractivity contribution is 5.93. The summed E-state index contributed by atoms with van der Waals surface area (Å²) in [7, 11) is 1.56. The van der Waals surface area contributed by atoms with Gasteiger partial charge in [0.1, 0.15) is 28.2 Å². The molecule has 3 aromatic rings. The Morgan fingerprint density at radius 1 is 1.06 bits per heavy atom. The Labute approximate surface area is 185 Å². The zero-order valence-electron chi connectivity index (χ0n) is 18.3. The number of nitrogens with zero attached hydrogens (tertiary/aromatic N) is 3. The van der Waals surface area contributed by atoms with Gasteiger partial charge >= 0.3 is 11.9 Å². The highest BCUT2D eigenvalue weighted by Gasteiger charge is 2.17. The van der Waals surface area contributed by atoms with Crippen LogP contribution < -0.4 is 4.74 Å². The fraction of sp³-hybridized carbons (Fsp3) is 0.304. The minimum Gasteiger partial charge on any atom is -0.505 e. The van der Waals surface area contributed by atoms with Gasteiger partial charge in [-0.1, -0.05) is 6.58 Å². The highest BCUT2D eigenvalue weighted by atomic mass is 16.5. The van der Waals surface area contributed by atoms with Crippen LogP contribution in [0.15, 0.2) is 36.9 Å². The van der Waals surface area contributed by atoms with E-state index in [0.717, 1.165) is 11.6 Å². The Kier molecular flexibility index (Phi) is 7.09. The van der Waals surface area contributed by atoms with Crippen molar-refractivity contribution in [2.45, 2.75) is 26.7 Å². The molecule has 0 radical (unpaired) electrons. The van der Waals surface area contributed by atoms with Gasteiger partial charge < -0.3 is 19.3 Å². The van der Waals surface area contributed by atoms with Crippen LogP contribution in [0, 0.1) is 13.8 Å². The summed E-state index contributed by atoms with van der Waals surface area (Å²) in [5.74, 6) is -0.293. The highest BCUT2D eigenvalue weighted by Crippen LogP contribution is 2.34. The molecule has 0 aliphatic rings. The van der Waals surface area contributed by atoms with Crippen molar-refractivity contribution in [3.05, 3.63) is 53.6 Å². The predicted molar refractivity (Wildman–Crippen MR) is 117 cm³/mol. The standard InChI is InChI=1S/C23H25N3O6/c1-5-21(27)31-10-6-7-11-32-23(29)16-8-9-17-18(12-16)25-26(24-17)19-13-20(30-4)14(2)15(3)22(19)28/h5,8-9,12-13,28H,1,6-7,10-11H2,2-4H3. The number of fused-ring (bicyclic) bond motifs is 1. The molecule has 3 rings (SSSR count). The van der Waals surface area contributed by atoms with Crippen molar-refractivity contribution >= 4 is 23.0 Å². The molecule has 9 heteroatoms. The Balaban J connectivity index is 1.70. The van der Waals surface area contributed by atoms with Crippen LogP contribution in [0.3, 0.4) is 0 Å². The van der Waals surface area contributed by atoms with Crippen LogP contribution in [-0.2, 0) is 14.3 Å². The van der Waals surface area contributed by atoms with E-state index in [2.05, 4.69) is 16.8 Å². The zero-order chi connectivity index (χ0) is 23.3. The SMILES string of the molecule is C=CC(=O)OCCCCOC(=O)c1ccc2nn(-c3cc(OC)c(C)c(C)c3O)nc2c1. The van der Waals surface area contributed by atoms with E-state index in [9.17, 15) is 14.7 Å². The molecule has 0 fully saturated rings. The van der Waals surface area contributed by atoms with Crippen LogP contribution in [0.25, 0.3) is 16.7 Å². The largest absolute Gasteiger partial charge is 0.505 e. The number of hydrogen-bond donors (Lipinski definition) is 1. The molecule has 168 valence electrons. The number of methoxy groups -OCH3 is 1. The van der Waals surface area contributed by atoms with Gasteiger partial charge in [0.15, 0.2) is 0 Å². The third-order valence-electron chi connectivity index (χ3n) is 5.03. The van der Waals surface area contributed by atoms with Crippen molar-refractivity contribution in [2.75, 3.05) is 20.3 Å². The number of aromatic hydroxyl groups is 1. The van der Waals surface area contributed by atoms with Gasteiger partial charge in [0.2, 0.25) is 0 Å². The smallest absolute Gasteiger partial charge is 0.338 e. The van der Waals surface area contributed by atoms with E-state index in [1.54, 1.807) is 38.3 Å². The quantitative estimate of drug-likeness (QED) is 0.307. The number of unbranched alkanes of at least 4 members (excludes halogenated alkanes) is 1. The van der Waals surface area contributed by atoms with Crippen LogP contribution in [0.5, 0.6) is 11.5 Å². The number of hydrogen-bond acceptors (Lipinski definition) is 8. The number of aromatic nitrogens is 3. The molecule has 1 heterocycles. The lowest BCUT2D eigenvalue weighted by Gasteiger charge is -2.13. The first-order valence-electron chi connectivity index (χ1n) is 10.1. The predicted octanol–water partition coefficient (Wildman–Crippen LogP) is 3.42. The lowest BCUT2D eigenvalue weighted by molar-refractivity contribution is -0.137. The minimum absolute atomic E-state index is 0.0574. The van der Waals surface area contributed by atoms with Crippen molar-refractivity contribution in [3.63, 3.8) is 0 Å². The second-order valence-corrected chi connectivity index (χ2v) is 7.10. The van der Waals surface area contributed by atoms with Crippen molar-refractivity contribution in [2.24, 2.45) is 0 Å². The van der Waals surface area contributed by atoms with Crippen LogP contribution in [0.4, 0.5) is 0 Å². The number of benzene rings is 2. The van der Waals surface area contributed by atoms with Gasteiger partial charge in [0.05, 0.1) is 25.9 Å². The maximum atomic E-state index is 12.3. The molecule has 0 aliphatic carbocycles. The number of carbonyl (C=O) groups excluding carboxylic acids is 2. The van der Waals surface area contributed by atoms with Gasteiger partial charge in [-0.2, -0.15) is 0 Å². The van der Waals surface area contributed by atoms with Gasteiger partial charge in [-0.25, -0.2) is 9.59 Å².